The van der Waals surface area contributed by atoms with Gasteiger partial charge in [-0.1, -0.05) is 36.4 Å². The van der Waals surface area contributed by atoms with Crippen LogP contribution in [0.5, 0.6) is 0 Å². The average molecular weight is 354 g/mol. The lowest BCUT2D eigenvalue weighted by Crippen LogP contribution is -2.12. The largest absolute Gasteiger partial charge is 0.459 e. The maximum atomic E-state index is 12.3. The molecule has 3 aromatic heterocycles. The quantitative estimate of drug-likeness (QED) is 0.521. The number of imidazole rings is 1. The van der Waals surface area contributed by atoms with Gasteiger partial charge in [-0.2, -0.15) is 0 Å². The van der Waals surface area contributed by atoms with Gasteiger partial charge in [-0.05, 0) is 29.0 Å². The lowest BCUT2D eigenvalue weighted by molar-refractivity contribution is 0.0996. The van der Waals surface area contributed by atoms with Crippen molar-refractivity contribution in [3.05, 3.63) is 85.2 Å². The fourth-order valence-electron chi connectivity index (χ4n) is 3.07. The third-order valence-corrected chi connectivity index (χ3v) is 4.43. The van der Waals surface area contributed by atoms with E-state index in [1.165, 1.54) is 11.6 Å². The normalized spacial score (nSPS) is 11.1. The van der Waals surface area contributed by atoms with E-state index in [9.17, 15) is 4.79 Å². The Morgan fingerprint density at radius 1 is 0.963 bits per heavy atom. The van der Waals surface area contributed by atoms with Crippen LogP contribution in [-0.4, -0.2) is 20.3 Å². The van der Waals surface area contributed by atoms with E-state index in [0.717, 1.165) is 16.6 Å². The van der Waals surface area contributed by atoms with Gasteiger partial charge in [0.1, 0.15) is 5.82 Å². The molecule has 0 spiro atoms. The summed E-state index contributed by atoms with van der Waals surface area (Å²) in [4.78, 5) is 21.1. The lowest BCUT2D eigenvalue weighted by atomic mass is 10.1. The first-order chi connectivity index (χ1) is 13.3. The summed E-state index contributed by atoms with van der Waals surface area (Å²) in [6.45, 7) is 0. The van der Waals surface area contributed by atoms with Crippen LogP contribution >= 0.6 is 0 Å². The minimum Gasteiger partial charge on any atom is -0.459 e. The molecule has 27 heavy (non-hydrogen) atoms. The van der Waals surface area contributed by atoms with Crippen LogP contribution in [0.4, 0.5) is 5.82 Å². The highest BCUT2D eigenvalue weighted by molar-refractivity contribution is 6.01. The minimum absolute atomic E-state index is 0.244. The highest BCUT2D eigenvalue weighted by Gasteiger charge is 2.13. The molecule has 0 bridgehead atoms. The topological polar surface area (TPSA) is 72.4 Å². The molecular weight excluding hydrogens is 340 g/mol. The van der Waals surface area contributed by atoms with Crippen molar-refractivity contribution < 1.29 is 9.21 Å². The number of carbonyl (C=O) groups is 1. The highest BCUT2D eigenvalue weighted by atomic mass is 16.3. The zero-order chi connectivity index (χ0) is 18.2. The molecule has 5 rings (SSSR count). The molecule has 1 amide bonds. The van der Waals surface area contributed by atoms with Gasteiger partial charge < -0.3 is 9.73 Å². The van der Waals surface area contributed by atoms with Crippen LogP contribution in [0.25, 0.3) is 27.7 Å². The predicted octanol–water partition coefficient (Wildman–Crippen LogP) is 4.39. The van der Waals surface area contributed by atoms with E-state index in [1.807, 2.05) is 24.4 Å². The molecule has 6 heteroatoms. The number of carbonyl (C=O) groups excluding carboxylic acids is 1. The zero-order valence-electron chi connectivity index (χ0n) is 14.2. The molecule has 0 atom stereocenters. The molecule has 0 fully saturated rings. The van der Waals surface area contributed by atoms with Crippen LogP contribution in [0.1, 0.15) is 10.6 Å². The van der Waals surface area contributed by atoms with Crippen molar-refractivity contribution in [1.82, 2.24) is 14.4 Å². The number of aromatic nitrogens is 3. The first kappa shape index (κ1) is 15.3. The molecule has 2 aromatic carbocycles. The third kappa shape index (κ3) is 2.73. The van der Waals surface area contributed by atoms with Crippen molar-refractivity contribution in [1.29, 1.82) is 0 Å². The van der Waals surface area contributed by atoms with Crippen LogP contribution in [0.3, 0.4) is 0 Å². The zero-order valence-corrected chi connectivity index (χ0v) is 14.2. The van der Waals surface area contributed by atoms with E-state index >= 15 is 0 Å². The Morgan fingerprint density at radius 2 is 1.85 bits per heavy atom. The molecule has 3 heterocycles. The van der Waals surface area contributed by atoms with Crippen molar-refractivity contribution in [3.63, 3.8) is 0 Å². The minimum atomic E-state index is -0.328. The van der Waals surface area contributed by atoms with Gasteiger partial charge in [0.05, 0.1) is 24.4 Å². The van der Waals surface area contributed by atoms with Gasteiger partial charge >= 0.3 is 0 Å². The fraction of sp³-hybridized carbons (Fsp3) is 0. The molecule has 0 radical (unpaired) electrons. The van der Waals surface area contributed by atoms with Crippen LogP contribution in [0.15, 0.2) is 83.9 Å². The SMILES string of the molecule is O=C(Nc1cnc2cnc(-c3ccc4ccccc4c3)cn12)c1ccco1. The first-order valence-corrected chi connectivity index (χ1v) is 8.45. The van der Waals surface area contributed by atoms with Gasteiger partial charge in [-0.3, -0.25) is 14.2 Å². The maximum absolute atomic E-state index is 12.3. The molecule has 130 valence electrons. The number of nitrogens with zero attached hydrogens (tertiary/aromatic N) is 3. The second kappa shape index (κ2) is 6.10. The van der Waals surface area contributed by atoms with E-state index in [4.69, 9.17) is 4.42 Å². The number of nitrogens with one attached hydrogen (secondary N) is 1. The number of anilines is 1. The second-order valence-corrected chi connectivity index (χ2v) is 6.14. The van der Waals surface area contributed by atoms with Crippen molar-refractivity contribution >= 4 is 28.1 Å². The molecule has 0 saturated carbocycles. The van der Waals surface area contributed by atoms with Gasteiger partial charge in [0, 0.05) is 11.8 Å². The summed E-state index contributed by atoms with van der Waals surface area (Å²) in [6, 6.07) is 17.7. The Balaban J connectivity index is 1.55. The second-order valence-electron chi connectivity index (χ2n) is 6.14. The molecule has 0 unspecified atom stereocenters. The molecule has 0 aliphatic heterocycles. The van der Waals surface area contributed by atoms with E-state index in [2.05, 4.69) is 39.6 Å². The van der Waals surface area contributed by atoms with Crippen molar-refractivity contribution in [2.75, 3.05) is 5.32 Å². The highest BCUT2D eigenvalue weighted by Crippen LogP contribution is 2.24. The monoisotopic (exact) mass is 354 g/mol. The van der Waals surface area contributed by atoms with E-state index in [1.54, 1.807) is 28.9 Å². The number of rotatable bonds is 3. The fourth-order valence-corrected chi connectivity index (χ4v) is 3.07. The number of fused-ring (bicyclic) bond motifs is 2. The van der Waals surface area contributed by atoms with E-state index in [0.29, 0.717) is 11.5 Å². The molecular formula is C21H14N4O2. The summed E-state index contributed by atoms with van der Waals surface area (Å²) in [5.74, 6) is 0.468. The Labute approximate surface area is 154 Å². The van der Waals surface area contributed by atoms with Gasteiger partial charge in [0.25, 0.3) is 5.91 Å². The third-order valence-electron chi connectivity index (χ3n) is 4.43. The van der Waals surface area contributed by atoms with Crippen LogP contribution < -0.4 is 5.32 Å². The molecule has 0 aliphatic carbocycles. The lowest BCUT2D eigenvalue weighted by Gasteiger charge is -2.07. The summed E-state index contributed by atoms with van der Waals surface area (Å²) < 4.78 is 6.94. The molecule has 0 aliphatic rings. The Hall–Kier alpha value is -3.93. The Kier molecular flexibility index (Phi) is 3.47. The number of benzene rings is 2. The first-order valence-electron chi connectivity index (χ1n) is 8.45. The van der Waals surface area contributed by atoms with Crippen molar-refractivity contribution in [3.8, 4) is 11.3 Å². The van der Waals surface area contributed by atoms with Crippen molar-refractivity contribution in [2.45, 2.75) is 0 Å². The van der Waals surface area contributed by atoms with Gasteiger partial charge in [-0.25, -0.2) is 4.98 Å². The summed E-state index contributed by atoms with van der Waals surface area (Å²) in [5.41, 5.74) is 2.43. The average Bonchev–Trinajstić information content (AvgIpc) is 3.38. The molecule has 0 saturated heterocycles. The Morgan fingerprint density at radius 3 is 2.70 bits per heavy atom. The van der Waals surface area contributed by atoms with E-state index in [-0.39, 0.29) is 11.7 Å². The number of amides is 1. The Bertz CT molecular complexity index is 1270. The van der Waals surface area contributed by atoms with Crippen LogP contribution in [0, 0.1) is 0 Å². The standard InChI is InChI=1S/C21H14N4O2/c26-21(18-6-3-9-27-18)24-20-12-23-19-11-22-17(13-25(19)20)16-8-7-14-4-1-2-5-15(14)10-16/h1-13H,(H,24,26). The smallest absolute Gasteiger partial charge is 0.292 e. The molecule has 6 nitrogen and oxygen atoms in total. The number of hydrogen-bond acceptors (Lipinski definition) is 4. The number of furan rings is 1. The summed E-state index contributed by atoms with van der Waals surface area (Å²) >= 11 is 0. The molecule has 5 aromatic rings. The maximum Gasteiger partial charge on any atom is 0.292 e. The van der Waals surface area contributed by atoms with Crippen molar-refractivity contribution in [2.24, 2.45) is 0 Å². The number of hydrogen-bond donors (Lipinski definition) is 1. The van der Waals surface area contributed by atoms with Gasteiger partial charge in [0.2, 0.25) is 0 Å². The summed E-state index contributed by atoms with van der Waals surface area (Å²) in [5, 5.41) is 5.14. The molecule has 1 N–H and O–H groups in total. The van der Waals surface area contributed by atoms with Crippen LogP contribution in [0.2, 0.25) is 0 Å². The van der Waals surface area contributed by atoms with Crippen LogP contribution in [-0.2, 0) is 0 Å². The van der Waals surface area contributed by atoms with E-state index < -0.39 is 0 Å². The predicted molar refractivity (Wildman–Crippen MR) is 103 cm³/mol. The van der Waals surface area contributed by atoms with Gasteiger partial charge in [-0.15, -0.1) is 0 Å². The van der Waals surface area contributed by atoms with Gasteiger partial charge in [0.15, 0.2) is 11.4 Å². The summed E-state index contributed by atoms with van der Waals surface area (Å²) in [6.07, 6.45) is 6.62. The summed E-state index contributed by atoms with van der Waals surface area (Å²) in [7, 11) is 0.